The molecule has 2 aliphatic rings. The lowest BCUT2D eigenvalue weighted by Crippen LogP contribution is -2.47. The van der Waals surface area contributed by atoms with Gasteiger partial charge < -0.3 is 14.8 Å². The minimum atomic E-state index is -0.466. The molecule has 2 fully saturated rings. The first-order valence-electron chi connectivity index (χ1n) is 7.21. The molecule has 0 amide bonds. The van der Waals surface area contributed by atoms with Crippen molar-refractivity contribution in [3.8, 4) is 0 Å². The van der Waals surface area contributed by atoms with Crippen LogP contribution in [0.5, 0.6) is 0 Å². The zero-order valence-corrected chi connectivity index (χ0v) is 13.2. The molecule has 0 bridgehead atoms. The van der Waals surface area contributed by atoms with Crippen LogP contribution >= 0.6 is 15.9 Å². The molecule has 0 radical (unpaired) electrons. The molecule has 1 aromatic carbocycles. The highest BCUT2D eigenvalue weighted by Crippen LogP contribution is 2.36. The Balaban J connectivity index is 1.71. The molecule has 21 heavy (non-hydrogen) atoms. The molecular weight excluding hydrogens is 344 g/mol. The number of hydrogen-bond acceptors (Lipinski definition) is 3. The second-order valence-electron chi connectivity index (χ2n) is 5.72. The Labute approximate surface area is 131 Å². The van der Waals surface area contributed by atoms with Crippen molar-refractivity contribution in [2.45, 2.75) is 37.3 Å². The van der Waals surface area contributed by atoms with Gasteiger partial charge in [0, 0.05) is 31.9 Å². The van der Waals surface area contributed by atoms with Gasteiger partial charge in [-0.25, -0.2) is 8.78 Å². The molecular formula is C15H18BrF2NO2. The van der Waals surface area contributed by atoms with Crippen LogP contribution in [0.2, 0.25) is 0 Å². The van der Waals surface area contributed by atoms with E-state index in [-0.39, 0.29) is 21.8 Å². The van der Waals surface area contributed by atoms with E-state index in [0.717, 1.165) is 31.7 Å². The summed E-state index contributed by atoms with van der Waals surface area (Å²) in [5.41, 5.74) is 0.0447. The zero-order valence-electron chi connectivity index (χ0n) is 11.6. The number of halogens is 3. The third kappa shape index (κ3) is 3.38. The van der Waals surface area contributed by atoms with Gasteiger partial charge in [-0.2, -0.15) is 0 Å². The zero-order chi connectivity index (χ0) is 14.9. The van der Waals surface area contributed by atoms with Crippen LogP contribution in [0.1, 0.15) is 25.7 Å². The summed E-state index contributed by atoms with van der Waals surface area (Å²) in [7, 11) is 0. The van der Waals surface area contributed by atoms with Crippen LogP contribution in [0.4, 0.5) is 14.5 Å². The van der Waals surface area contributed by atoms with E-state index in [0.29, 0.717) is 19.8 Å². The number of nitrogens with one attached hydrogen (secondary N) is 1. The van der Waals surface area contributed by atoms with Crippen molar-refractivity contribution >= 4 is 21.6 Å². The van der Waals surface area contributed by atoms with Crippen LogP contribution in [0.3, 0.4) is 0 Å². The maximum Gasteiger partial charge on any atom is 0.147 e. The molecule has 3 rings (SSSR count). The maximum atomic E-state index is 13.9. The third-order valence-electron chi connectivity index (χ3n) is 4.27. The smallest absolute Gasteiger partial charge is 0.147 e. The predicted molar refractivity (Wildman–Crippen MR) is 79.4 cm³/mol. The highest BCUT2D eigenvalue weighted by molar-refractivity contribution is 9.10. The molecule has 3 nitrogen and oxygen atoms in total. The molecule has 6 heteroatoms. The molecule has 0 saturated carbocycles. The van der Waals surface area contributed by atoms with Crippen molar-refractivity contribution < 1.29 is 18.3 Å². The average molecular weight is 362 g/mol. The van der Waals surface area contributed by atoms with E-state index < -0.39 is 11.6 Å². The normalized spacial score (nSPS) is 25.0. The van der Waals surface area contributed by atoms with Gasteiger partial charge in [-0.1, -0.05) is 0 Å². The first-order chi connectivity index (χ1) is 10.1. The van der Waals surface area contributed by atoms with Crippen LogP contribution < -0.4 is 5.32 Å². The lowest BCUT2D eigenvalue weighted by atomic mass is 9.84. The van der Waals surface area contributed by atoms with Gasteiger partial charge in [0.2, 0.25) is 0 Å². The molecule has 116 valence electrons. The quantitative estimate of drug-likeness (QED) is 0.811. The Hall–Kier alpha value is -0.720. The molecule has 1 spiro atoms. The van der Waals surface area contributed by atoms with Gasteiger partial charge in [-0.05, 0) is 47.7 Å². The van der Waals surface area contributed by atoms with Gasteiger partial charge >= 0.3 is 0 Å². The summed E-state index contributed by atoms with van der Waals surface area (Å²) in [5.74, 6) is -0.914. The Morgan fingerprint density at radius 1 is 1.14 bits per heavy atom. The largest absolute Gasteiger partial charge is 0.381 e. The standard InChI is InChI=1S/C15H18BrF2NO2/c16-11-7-13(18)14(8-12(11)17)19-10-1-4-21-15(9-10)2-5-20-6-3-15/h7-8,10,19H,1-6,9H2. The van der Waals surface area contributed by atoms with Crippen LogP contribution in [0.25, 0.3) is 0 Å². The molecule has 1 aromatic rings. The first kappa shape index (κ1) is 15.2. The Morgan fingerprint density at radius 3 is 2.67 bits per heavy atom. The van der Waals surface area contributed by atoms with Gasteiger partial charge in [0.1, 0.15) is 11.6 Å². The molecule has 0 aromatic heterocycles. The van der Waals surface area contributed by atoms with E-state index in [1.165, 1.54) is 6.07 Å². The summed E-state index contributed by atoms with van der Waals surface area (Å²) in [5, 5.41) is 3.13. The molecule has 0 aliphatic carbocycles. The van der Waals surface area contributed by atoms with E-state index in [1.807, 2.05) is 0 Å². The molecule has 1 N–H and O–H groups in total. The SMILES string of the molecule is Fc1cc(NC2CCOC3(CCOCC3)C2)c(F)cc1Br. The van der Waals surface area contributed by atoms with E-state index in [9.17, 15) is 8.78 Å². The number of ether oxygens (including phenoxy) is 2. The number of benzene rings is 1. The van der Waals surface area contributed by atoms with E-state index >= 15 is 0 Å². The second kappa shape index (κ2) is 6.18. The molecule has 2 heterocycles. The van der Waals surface area contributed by atoms with Crippen molar-refractivity contribution in [2.24, 2.45) is 0 Å². The topological polar surface area (TPSA) is 30.5 Å². The second-order valence-corrected chi connectivity index (χ2v) is 6.58. The summed E-state index contributed by atoms with van der Waals surface area (Å²) in [4.78, 5) is 0. The van der Waals surface area contributed by atoms with Crippen LogP contribution in [0, 0.1) is 11.6 Å². The monoisotopic (exact) mass is 361 g/mol. The molecule has 2 aliphatic heterocycles. The lowest BCUT2D eigenvalue weighted by Gasteiger charge is -2.43. The fourth-order valence-electron chi connectivity index (χ4n) is 3.10. The molecule has 1 atom stereocenters. The van der Waals surface area contributed by atoms with Crippen molar-refractivity contribution in [1.82, 2.24) is 0 Å². The van der Waals surface area contributed by atoms with Crippen molar-refractivity contribution in [3.05, 3.63) is 28.2 Å². The van der Waals surface area contributed by atoms with Crippen LogP contribution in [0.15, 0.2) is 16.6 Å². The van der Waals surface area contributed by atoms with Crippen molar-refractivity contribution in [3.63, 3.8) is 0 Å². The minimum Gasteiger partial charge on any atom is -0.381 e. The number of rotatable bonds is 2. The lowest BCUT2D eigenvalue weighted by molar-refractivity contribution is -0.135. The van der Waals surface area contributed by atoms with Crippen molar-refractivity contribution in [2.75, 3.05) is 25.1 Å². The summed E-state index contributed by atoms with van der Waals surface area (Å²) >= 11 is 2.99. The maximum absolute atomic E-state index is 13.9. The summed E-state index contributed by atoms with van der Waals surface area (Å²) in [6, 6.07) is 2.44. The number of hydrogen-bond donors (Lipinski definition) is 1. The fraction of sp³-hybridized carbons (Fsp3) is 0.600. The Bertz CT molecular complexity index is 515. The highest BCUT2D eigenvalue weighted by Gasteiger charge is 2.39. The summed E-state index contributed by atoms with van der Waals surface area (Å²) in [6.07, 6.45) is 3.32. The highest BCUT2D eigenvalue weighted by atomic mass is 79.9. The van der Waals surface area contributed by atoms with Gasteiger partial charge in [-0.3, -0.25) is 0 Å². The summed E-state index contributed by atoms with van der Waals surface area (Å²) < 4.78 is 38.9. The first-order valence-corrected chi connectivity index (χ1v) is 8.00. The van der Waals surface area contributed by atoms with Gasteiger partial charge in [0.05, 0.1) is 15.8 Å². The molecule has 1 unspecified atom stereocenters. The van der Waals surface area contributed by atoms with Crippen LogP contribution in [-0.4, -0.2) is 31.5 Å². The van der Waals surface area contributed by atoms with Crippen LogP contribution in [-0.2, 0) is 9.47 Å². The molecule has 2 saturated heterocycles. The van der Waals surface area contributed by atoms with E-state index in [1.54, 1.807) is 0 Å². The summed E-state index contributed by atoms with van der Waals surface area (Å²) in [6.45, 7) is 2.04. The Morgan fingerprint density at radius 2 is 1.90 bits per heavy atom. The van der Waals surface area contributed by atoms with Gasteiger partial charge in [0.15, 0.2) is 0 Å². The van der Waals surface area contributed by atoms with Crippen molar-refractivity contribution in [1.29, 1.82) is 0 Å². The fourth-order valence-corrected chi connectivity index (χ4v) is 3.41. The average Bonchev–Trinajstić information content (AvgIpc) is 2.46. The minimum absolute atomic E-state index is 0.0897. The van der Waals surface area contributed by atoms with E-state index in [2.05, 4.69) is 21.2 Å². The van der Waals surface area contributed by atoms with Gasteiger partial charge in [-0.15, -0.1) is 0 Å². The number of anilines is 1. The van der Waals surface area contributed by atoms with Gasteiger partial charge in [0.25, 0.3) is 0 Å². The van der Waals surface area contributed by atoms with E-state index in [4.69, 9.17) is 9.47 Å². The third-order valence-corrected chi connectivity index (χ3v) is 4.87. The Kier molecular flexibility index (Phi) is 4.47. The predicted octanol–water partition coefficient (Wildman–Crippen LogP) is 3.87.